The van der Waals surface area contributed by atoms with Gasteiger partial charge in [0.2, 0.25) is 0 Å². The van der Waals surface area contributed by atoms with Crippen molar-refractivity contribution in [3.63, 3.8) is 0 Å². The van der Waals surface area contributed by atoms with Crippen molar-refractivity contribution in [3.05, 3.63) is 42.2 Å². The minimum absolute atomic E-state index is 0.758. The van der Waals surface area contributed by atoms with Crippen LogP contribution in [0.1, 0.15) is 161 Å². The molecule has 3 heteroatoms. The van der Waals surface area contributed by atoms with Crippen molar-refractivity contribution in [2.75, 3.05) is 6.61 Å². The summed E-state index contributed by atoms with van der Waals surface area (Å²) in [6.45, 7) is 5.33. The zero-order valence-electron chi connectivity index (χ0n) is 25.7. The lowest BCUT2D eigenvalue weighted by Crippen LogP contribution is -1.99. The van der Waals surface area contributed by atoms with E-state index in [2.05, 4.69) is 48.1 Å². The predicted molar refractivity (Wildman–Crippen MR) is 170 cm³/mol. The number of rotatable bonds is 26. The fraction of sp³-hybridized carbons (Fsp3) is 0.722. The van der Waals surface area contributed by atoms with Gasteiger partial charge in [0.1, 0.15) is 0 Å². The van der Waals surface area contributed by atoms with Crippen LogP contribution in [0, 0.1) is 0 Å². The summed E-state index contributed by atoms with van der Waals surface area (Å²) in [4.78, 5) is 9.10. The van der Waals surface area contributed by atoms with Crippen LogP contribution in [0.2, 0.25) is 0 Å². The highest BCUT2D eigenvalue weighted by atomic mass is 16.5. The number of benzene rings is 1. The Balaban J connectivity index is 1.48. The molecule has 0 aliphatic heterocycles. The number of ether oxygens (including phenoxy) is 1. The maximum absolute atomic E-state index is 5.88. The second kappa shape index (κ2) is 23.9. The van der Waals surface area contributed by atoms with Crippen LogP contribution in [0.5, 0.6) is 5.75 Å². The Kier molecular flexibility index (Phi) is 20.4. The van der Waals surface area contributed by atoms with Crippen LogP contribution in [-0.2, 0) is 6.42 Å². The van der Waals surface area contributed by atoms with Crippen LogP contribution in [-0.4, -0.2) is 16.6 Å². The predicted octanol–water partition coefficient (Wildman–Crippen LogP) is 11.7. The summed E-state index contributed by atoms with van der Waals surface area (Å²) in [5.41, 5.74) is 2.50. The normalized spacial score (nSPS) is 11.2. The van der Waals surface area contributed by atoms with Crippen molar-refractivity contribution < 1.29 is 4.74 Å². The van der Waals surface area contributed by atoms with Gasteiger partial charge in [-0.3, -0.25) is 0 Å². The molecule has 0 amide bonds. The molecule has 0 saturated heterocycles. The highest BCUT2D eigenvalue weighted by Gasteiger charge is 2.03. The van der Waals surface area contributed by atoms with Gasteiger partial charge in [0.25, 0.3) is 0 Å². The molecule has 0 spiro atoms. The number of aryl methyl sites for hydroxylation is 1. The molecule has 0 N–H and O–H groups in total. The Morgan fingerprint density at radius 1 is 0.487 bits per heavy atom. The molecular formula is C36H60N2O. The number of hydrogen-bond acceptors (Lipinski definition) is 3. The van der Waals surface area contributed by atoms with Gasteiger partial charge in [0.05, 0.1) is 19.0 Å². The van der Waals surface area contributed by atoms with E-state index in [0.29, 0.717) is 0 Å². The summed E-state index contributed by atoms with van der Waals surface area (Å²) in [6.07, 6.45) is 35.0. The maximum Gasteiger partial charge on any atom is 0.159 e. The molecule has 0 radical (unpaired) electrons. The van der Waals surface area contributed by atoms with Crippen LogP contribution in [0.3, 0.4) is 0 Å². The quantitative estimate of drug-likeness (QED) is 0.112. The number of aromatic nitrogens is 2. The molecule has 3 nitrogen and oxygen atoms in total. The third-order valence-corrected chi connectivity index (χ3v) is 7.93. The highest BCUT2D eigenvalue weighted by molar-refractivity contribution is 5.55. The first-order chi connectivity index (χ1) is 19.3. The van der Waals surface area contributed by atoms with Gasteiger partial charge >= 0.3 is 0 Å². The summed E-state index contributed by atoms with van der Waals surface area (Å²) < 4.78 is 5.88. The van der Waals surface area contributed by atoms with E-state index in [-0.39, 0.29) is 0 Å². The van der Waals surface area contributed by atoms with E-state index in [1.165, 1.54) is 147 Å². The first kappa shape index (κ1) is 33.3. The fourth-order valence-electron chi connectivity index (χ4n) is 5.31. The van der Waals surface area contributed by atoms with Gasteiger partial charge in [-0.1, -0.05) is 167 Å². The third kappa shape index (κ3) is 17.4. The summed E-state index contributed by atoms with van der Waals surface area (Å²) in [5.74, 6) is 1.55. The lowest BCUT2D eigenvalue weighted by molar-refractivity contribution is 0.302. The maximum atomic E-state index is 5.88. The minimum Gasteiger partial charge on any atom is -0.490 e. The third-order valence-electron chi connectivity index (χ3n) is 7.93. The largest absolute Gasteiger partial charge is 0.490 e. The lowest BCUT2D eigenvalue weighted by atomic mass is 10.0. The lowest BCUT2D eigenvalue weighted by Gasteiger charge is -2.07. The SMILES string of the molecule is CCCCCCCCCCCCCCOc1cnc(-c2ccc(CCCCCCCCCCCC)cc2)nc1. The van der Waals surface area contributed by atoms with E-state index in [1.54, 1.807) is 0 Å². The van der Waals surface area contributed by atoms with Crippen molar-refractivity contribution in [3.8, 4) is 17.1 Å². The van der Waals surface area contributed by atoms with Gasteiger partial charge in [-0.05, 0) is 24.8 Å². The summed E-state index contributed by atoms with van der Waals surface area (Å²) >= 11 is 0. The van der Waals surface area contributed by atoms with Crippen molar-refractivity contribution in [1.82, 2.24) is 9.97 Å². The number of nitrogens with zero attached hydrogens (tertiary/aromatic N) is 2. The zero-order valence-corrected chi connectivity index (χ0v) is 25.7. The molecule has 2 aromatic rings. The first-order valence-corrected chi connectivity index (χ1v) is 16.9. The smallest absolute Gasteiger partial charge is 0.159 e. The van der Waals surface area contributed by atoms with Crippen LogP contribution in [0.15, 0.2) is 36.7 Å². The molecule has 0 fully saturated rings. The van der Waals surface area contributed by atoms with Crippen molar-refractivity contribution in [2.45, 2.75) is 162 Å². The molecular weight excluding hydrogens is 476 g/mol. The van der Waals surface area contributed by atoms with Crippen molar-refractivity contribution in [2.24, 2.45) is 0 Å². The van der Waals surface area contributed by atoms with Gasteiger partial charge in [-0.2, -0.15) is 0 Å². The standard InChI is InChI=1S/C36H60N2O/c1-3-5-7-9-11-13-15-16-18-20-22-24-30-39-35-31-37-36(38-32-35)34-28-26-33(27-29-34)25-23-21-19-17-14-12-10-8-6-4-2/h26-29,31-32H,3-25,30H2,1-2H3. The summed E-state index contributed by atoms with van der Waals surface area (Å²) in [6, 6.07) is 8.80. The first-order valence-electron chi connectivity index (χ1n) is 16.9. The van der Waals surface area contributed by atoms with E-state index in [0.717, 1.165) is 30.2 Å². The van der Waals surface area contributed by atoms with Gasteiger partial charge in [0.15, 0.2) is 11.6 Å². The monoisotopic (exact) mass is 536 g/mol. The fourth-order valence-corrected chi connectivity index (χ4v) is 5.31. The molecule has 39 heavy (non-hydrogen) atoms. The molecule has 1 aromatic carbocycles. The van der Waals surface area contributed by atoms with E-state index < -0.39 is 0 Å². The summed E-state index contributed by atoms with van der Waals surface area (Å²) in [5, 5.41) is 0. The van der Waals surface area contributed by atoms with E-state index in [9.17, 15) is 0 Å². The van der Waals surface area contributed by atoms with Crippen LogP contribution in [0.25, 0.3) is 11.4 Å². The Labute approximate surface area is 242 Å². The number of hydrogen-bond donors (Lipinski definition) is 0. The van der Waals surface area contributed by atoms with Gasteiger partial charge in [-0.15, -0.1) is 0 Å². The van der Waals surface area contributed by atoms with Crippen LogP contribution < -0.4 is 4.74 Å². The molecule has 0 atom stereocenters. The molecule has 0 aliphatic carbocycles. The van der Waals surface area contributed by atoms with Crippen LogP contribution >= 0.6 is 0 Å². The molecule has 1 heterocycles. The number of unbranched alkanes of at least 4 members (excludes halogenated alkanes) is 20. The average Bonchev–Trinajstić information content (AvgIpc) is 2.97. The molecule has 1 aromatic heterocycles. The molecule has 0 bridgehead atoms. The molecule has 2 rings (SSSR count). The topological polar surface area (TPSA) is 35.0 Å². The highest BCUT2D eigenvalue weighted by Crippen LogP contribution is 2.19. The summed E-state index contributed by atoms with van der Waals surface area (Å²) in [7, 11) is 0. The molecule has 220 valence electrons. The van der Waals surface area contributed by atoms with E-state index >= 15 is 0 Å². The van der Waals surface area contributed by atoms with Gasteiger partial charge in [0, 0.05) is 5.56 Å². The van der Waals surface area contributed by atoms with Crippen molar-refractivity contribution >= 4 is 0 Å². The second-order valence-electron chi connectivity index (χ2n) is 11.6. The van der Waals surface area contributed by atoms with Crippen molar-refractivity contribution in [1.29, 1.82) is 0 Å². The Morgan fingerprint density at radius 3 is 1.36 bits per heavy atom. The van der Waals surface area contributed by atoms with E-state index in [1.807, 2.05) is 12.4 Å². The van der Waals surface area contributed by atoms with Gasteiger partial charge in [-0.25, -0.2) is 9.97 Å². The Hall–Kier alpha value is -1.90. The van der Waals surface area contributed by atoms with Crippen LogP contribution in [0.4, 0.5) is 0 Å². The molecule has 0 unspecified atom stereocenters. The van der Waals surface area contributed by atoms with Gasteiger partial charge < -0.3 is 4.74 Å². The molecule has 0 saturated carbocycles. The Morgan fingerprint density at radius 2 is 0.897 bits per heavy atom. The average molecular weight is 537 g/mol. The van der Waals surface area contributed by atoms with E-state index in [4.69, 9.17) is 4.74 Å². The second-order valence-corrected chi connectivity index (χ2v) is 11.6. The zero-order chi connectivity index (χ0) is 27.6. The minimum atomic E-state index is 0.758. The molecule has 0 aliphatic rings. The Bertz CT molecular complexity index is 787.